The van der Waals surface area contributed by atoms with E-state index in [0.29, 0.717) is 3.42 Å². The van der Waals surface area contributed by atoms with Gasteiger partial charge in [0.25, 0.3) is 0 Å². The average molecular weight is 310 g/mol. The van der Waals surface area contributed by atoms with Crippen LogP contribution < -0.4 is 0 Å². The maximum atomic E-state index is 2.79. The van der Waals surface area contributed by atoms with Crippen LogP contribution in [0.15, 0.2) is 24.3 Å². The quantitative estimate of drug-likeness (QED) is 0.496. The van der Waals surface area contributed by atoms with Crippen molar-refractivity contribution in [1.29, 1.82) is 0 Å². The first-order chi connectivity index (χ1) is 7.26. The summed E-state index contributed by atoms with van der Waals surface area (Å²) >= 11 is 2.79. The molecule has 2 unspecified atom stereocenters. The number of halogens is 1. The van der Waals surface area contributed by atoms with Gasteiger partial charge in [-0.3, -0.25) is 0 Å². The summed E-state index contributed by atoms with van der Waals surface area (Å²) in [4.78, 5) is 0. The minimum atomic E-state index is 0.659. The topological polar surface area (TPSA) is 0 Å². The van der Waals surface area contributed by atoms with Crippen LogP contribution in [0.1, 0.15) is 48.6 Å². The number of alkyl halides is 1. The molecular weight excluding hydrogens is 295 g/mol. The zero-order valence-corrected chi connectivity index (χ0v) is 10.9. The van der Waals surface area contributed by atoms with Crippen LogP contribution in [0.3, 0.4) is 0 Å². The largest absolute Gasteiger partial charge is 0.0785 e. The fourth-order valence-electron chi connectivity index (χ4n) is 4.34. The second-order valence-electron chi connectivity index (χ2n) is 5.63. The predicted octanol–water partition coefficient (Wildman–Crippen LogP) is 4.25. The van der Waals surface area contributed by atoms with Gasteiger partial charge in [0.1, 0.15) is 0 Å². The lowest BCUT2D eigenvalue weighted by atomic mass is 9.91. The maximum absolute atomic E-state index is 2.79. The van der Waals surface area contributed by atoms with Gasteiger partial charge >= 0.3 is 0 Å². The number of hydrogen-bond acceptors (Lipinski definition) is 0. The smallest absolute Gasteiger partial charge is 0.0262 e. The Balaban J connectivity index is 1.96. The van der Waals surface area contributed by atoms with Crippen LogP contribution in [0.5, 0.6) is 0 Å². The zero-order chi connectivity index (χ0) is 10.0. The molecule has 1 aromatic rings. The molecule has 4 aliphatic rings. The first-order valence-corrected chi connectivity index (χ1v) is 7.12. The van der Waals surface area contributed by atoms with E-state index in [0.717, 1.165) is 17.8 Å². The molecule has 0 spiro atoms. The van der Waals surface area contributed by atoms with E-state index in [1.807, 2.05) is 0 Å². The standard InChI is InChI=1S/C14H15I/c15-14-7-9-5-11(14)6-10(8-14)13-4-2-1-3-12(9)13/h1-4,9-11H,5-8H2. The number of hydrogen-bond donors (Lipinski definition) is 0. The summed E-state index contributed by atoms with van der Waals surface area (Å²) in [5, 5.41) is 0. The van der Waals surface area contributed by atoms with E-state index in [-0.39, 0.29) is 0 Å². The van der Waals surface area contributed by atoms with Gasteiger partial charge in [0.2, 0.25) is 0 Å². The molecule has 15 heavy (non-hydrogen) atoms. The van der Waals surface area contributed by atoms with Crippen molar-refractivity contribution in [1.82, 2.24) is 0 Å². The summed E-state index contributed by atoms with van der Waals surface area (Å²) in [6, 6.07) is 9.25. The second kappa shape index (κ2) is 2.79. The van der Waals surface area contributed by atoms with E-state index in [2.05, 4.69) is 46.9 Å². The summed E-state index contributed by atoms with van der Waals surface area (Å²) in [6.07, 6.45) is 5.84. The van der Waals surface area contributed by atoms with Gasteiger partial charge in [-0.15, -0.1) is 0 Å². The second-order valence-corrected chi connectivity index (χ2v) is 7.78. The summed E-state index contributed by atoms with van der Waals surface area (Å²) in [5.74, 6) is 2.78. The van der Waals surface area contributed by atoms with Gasteiger partial charge in [0.05, 0.1) is 0 Å². The highest BCUT2D eigenvalue weighted by Gasteiger charge is 2.55. The van der Waals surface area contributed by atoms with Crippen LogP contribution in [0, 0.1) is 5.92 Å². The van der Waals surface area contributed by atoms with E-state index in [1.165, 1.54) is 25.7 Å². The Morgan fingerprint density at radius 1 is 1.00 bits per heavy atom. The molecule has 2 atom stereocenters. The molecule has 5 rings (SSSR count). The van der Waals surface area contributed by atoms with Gasteiger partial charge in [-0.1, -0.05) is 46.9 Å². The van der Waals surface area contributed by atoms with E-state index in [1.54, 1.807) is 11.1 Å². The molecule has 0 heterocycles. The Bertz CT molecular complexity index is 388. The summed E-state index contributed by atoms with van der Waals surface area (Å²) < 4.78 is 0.659. The van der Waals surface area contributed by atoms with Gasteiger partial charge in [0, 0.05) is 3.42 Å². The maximum Gasteiger partial charge on any atom is 0.0262 e. The first kappa shape index (κ1) is 9.03. The molecule has 1 aromatic carbocycles. The highest BCUT2D eigenvalue weighted by molar-refractivity contribution is 14.1. The van der Waals surface area contributed by atoms with Gasteiger partial charge in [0.15, 0.2) is 0 Å². The van der Waals surface area contributed by atoms with Crippen LogP contribution in [-0.4, -0.2) is 3.42 Å². The first-order valence-electron chi connectivity index (χ1n) is 6.04. The third-order valence-electron chi connectivity index (χ3n) is 4.92. The lowest BCUT2D eigenvalue weighted by molar-refractivity contribution is 0.520. The van der Waals surface area contributed by atoms with E-state index in [4.69, 9.17) is 0 Å². The van der Waals surface area contributed by atoms with E-state index >= 15 is 0 Å². The van der Waals surface area contributed by atoms with Crippen molar-refractivity contribution >= 4 is 22.6 Å². The fraction of sp³-hybridized carbons (Fsp3) is 0.571. The SMILES string of the molecule is IC12CC3CC1CC(C2)c1ccccc13. The monoisotopic (exact) mass is 310 g/mol. The van der Waals surface area contributed by atoms with Crippen molar-refractivity contribution in [3.8, 4) is 0 Å². The molecule has 2 saturated carbocycles. The summed E-state index contributed by atoms with van der Waals surface area (Å²) in [7, 11) is 0. The van der Waals surface area contributed by atoms with Crippen LogP contribution in [0.4, 0.5) is 0 Å². The van der Waals surface area contributed by atoms with E-state index in [9.17, 15) is 0 Å². The molecule has 0 saturated heterocycles. The number of rotatable bonds is 0. The van der Waals surface area contributed by atoms with Crippen LogP contribution in [0.2, 0.25) is 0 Å². The van der Waals surface area contributed by atoms with Crippen molar-refractivity contribution in [2.24, 2.45) is 5.92 Å². The minimum absolute atomic E-state index is 0.659. The molecule has 4 aliphatic carbocycles. The van der Waals surface area contributed by atoms with Crippen molar-refractivity contribution in [2.75, 3.05) is 0 Å². The third-order valence-corrected chi connectivity index (χ3v) is 6.68. The van der Waals surface area contributed by atoms with Gasteiger partial charge in [-0.25, -0.2) is 0 Å². The predicted molar refractivity (Wildman–Crippen MR) is 70.6 cm³/mol. The van der Waals surface area contributed by atoms with Crippen LogP contribution >= 0.6 is 22.6 Å². The van der Waals surface area contributed by atoms with Gasteiger partial charge in [-0.05, 0) is 54.6 Å². The fourth-order valence-corrected chi connectivity index (χ4v) is 5.91. The molecule has 0 radical (unpaired) electrons. The molecule has 2 fully saturated rings. The normalized spacial score (nSPS) is 45.5. The number of benzene rings is 1. The Hall–Kier alpha value is -0.0500. The molecule has 0 nitrogen and oxygen atoms in total. The Kier molecular flexibility index (Phi) is 1.68. The van der Waals surface area contributed by atoms with Gasteiger partial charge < -0.3 is 0 Å². The highest BCUT2D eigenvalue weighted by Crippen LogP contribution is 2.65. The lowest BCUT2D eigenvalue weighted by Gasteiger charge is -2.20. The highest BCUT2D eigenvalue weighted by atomic mass is 127. The van der Waals surface area contributed by atoms with Crippen LogP contribution in [0.25, 0.3) is 0 Å². The van der Waals surface area contributed by atoms with E-state index < -0.39 is 0 Å². The molecular formula is C14H15I. The van der Waals surface area contributed by atoms with Crippen molar-refractivity contribution in [2.45, 2.75) is 40.9 Å². The van der Waals surface area contributed by atoms with Crippen molar-refractivity contribution < 1.29 is 0 Å². The molecule has 1 heteroatoms. The average Bonchev–Trinajstić information content (AvgIpc) is 2.59. The van der Waals surface area contributed by atoms with Crippen LogP contribution in [-0.2, 0) is 0 Å². The van der Waals surface area contributed by atoms with Crippen molar-refractivity contribution in [3.63, 3.8) is 0 Å². The zero-order valence-electron chi connectivity index (χ0n) is 8.75. The molecule has 4 bridgehead atoms. The lowest BCUT2D eigenvalue weighted by Crippen LogP contribution is -2.18. The Morgan fingerprint density at radius 3 is 2.00 bits per heavy atom. The summed E-state index contributed by atoms with van der Waals surface area (Å²) in [5.41, 5.74) is 3.39. The molecule has 0 amide bonds. The van der Waals surface area contributed by atoms with Gasteiger partial charge in [-0.2, -0.15) is 0 Å². The molecule has 0 aliphatic heterocycles. The third kappa shape index (κ3) is 1.08. The minimum Gasteiger partial charge on any atom is -0.0785 e. The summed E-state index contributed by atoms with van der Waals surface area (Å²) in [6.45, 7) is 0. The molecule has 0 N–H and O–H groups in total. The van der Waals surface area contributed by atoms with Crippen molar-refractivity contribution in [3.05, 3.63) is 35.4 Å². The Labute approximate surface area is 105 Å². The molecule has 78 valence electrons. The Morgan fingerprint density at radius 2 is 1.53 bits per heavy atom. The molecule has 0 aromatic heterocycles.